The average molecular weight is 219 g/mol. The summed E-state index contributed by atoms with van der Waals surface area (Å²) in [5.74, 6) is 0. The largest absolute Gasteiger partial charge is 0.235 e. The molecule has 1 fully saturated rings. The molecule has 0 aromatic heterocycles. The van der Waals surface area contributed by atoms with Crippen molar-refractivity contribution in [2.75, 3.05) is 6.26 Å². The third-order valence-electron chi connectivity index (χ3n) is 2.93. The van der Waals surface area contributed by atoms with E-state index in [1.807, 2.05) is 0 Å². The minimum atomic E-state index is -0.239. The fourth-order valence-electron chi connectivity index (χ4n) is 1.88. The number of hydrogen-bond donors (Lipinski definition) is 0. The van der Waals surface area contributed by atoms with Crippen LogP contribution >= 0.6 is 11.8 Å². The lowest BCUT2D eigenvalue weighted by Crippen LogP contribution is -2.04. The number of hydrogen-bond acceptors (Lipinski definition) is 3. The van der Waals surface area contributed by atoms with Crippen molar-refractivity contribution in [2.45, 2.75) is 30.2 Å². The molecule has 0 radical (unpaired) electrons. The first-order valence-electron chi connectivity index (χ1n) is 4.96. The molecule has 1 aromatic carbocycles. The highest BCUT2D eigenvalue weighted by Gasteiger charge is 2.45. The zero-order valence-electron chi connectivity index (χ0n) is 8.91. The number of carbonyl (C=O) groups excluding carboxylic acids is 1. The minimum Gasteiger partial charge on any atom is -0.211 e. The summed E-state index contributed by atoms with van der Waals surface area (Å²) in [6, 6.07) is 6.35. The lowest BCUT2D eigenvalue weighted by atomic mass is 10.00. The van der Waals surface area contributed by atoms with Gasteiger partial charge in [0.25, 0.3) is 0 Å². The summed E-state index contributed by atoms with van der Waals surface area (Å²) < 4.78 is 0. The summed E-state index contributed by atoms with van der Waals surface area (Å²) in [6.07, 6.45) is 5.70. The Kier molecular flexibility index (Phi) is 2.68. The Labute approximate surface area is 93.8 Å². The van der Waals surface area contributed by atoms with Gasteiger partial charge in [0, 0.05) is 4.90 Å². The SMILES string of the molecule is CSc1ccc(C)c(C2(N=C=O)CC2)c1. The van der Waals surface area contributed by atoms with Crippen LogP contribution in [0.2, 0.25) is 0 Å². The van der Waals surface area contributed by atoms with Crippen LogP contribution < -0.4 is 0 Å². The Bertz CT molecular complexity index is 431. The molecule has 0 amide bonds. The van der Waals surface area contributed by atoms with E-state index < -0.39 is 0 Å². The van der Waals surface area contributed by atoms with Gasteiger partial charge in [0.2, 0.25) is 6.08 Å². The van der Waals surface area contributed by atoms with Crippen LogP contribution in [0.3, 0.4) is 0 Å². The molecule has 2 rings (SSSR count). The molecule has 2 nitrogen and oxygen atoms in total. The summed E-state index contributed by atoms with van der Waals surface area (Å²) in [5, 5.41) is 0. The monoisotopic (exact) mass is 219 g/mol. The fourth-order valence-corrected chi connectivity index (χ4v) is 2.32. The maximum absolute atomic E-state index is 10.4. The number of rotatable bonds is 3. The summed E-state index contributed by atoms with van der Waals surface area (Å²) >= 11 is 1.71. The van der Waals surface area contributed by atoms with E-state index in [4.69, 9.17) is 0 Å². The van der Waals surface area contributed by atoms with E-state index in [1.54, 1.807) is 17.8 Å². The normalized spacial score (nSPS) is 16.9. The van der Waals surface area contributed by atoms with Gasteiger partial charge in [-0.2, -0.15) is 4.99 Å². The second-order valence-electron chi connectivity index (χ2n) is 3.92. The Balaban J connectivity index is 2.47. The van der Waals surface area contributed by atoms with Crippen LogP contribution in [-0.2, 0) is 10.3 Å². The number of aliphatic imine (C=N–C) groups is 1. The molecule has 15 heavy (non-hydrogen) atoms. The van der Waals surface area contributed by atoms with Crippen molar-refractivity contribution in [3.8, 4) is 0 Å². The van der Waals surface area contributed by atoms with Crippen LogP contribution in [0, 0.1) is 6.92 Å². The van der Waals surface area contributed by atoms with E-state index in [0.29, 0.717) is 0 Å². The summed E-state index contributed by atoms with van der Waals surface area (Å²) in [5.41, 5.74) is 2.17. The van der Waals surface area contributed by atoms with Crippen molar-refractivity contribution >= 4 is 17.8 Å². The highest BCUT2D eigenvalue weighted by Crippen LogP contribution is 2.50. The molecular weight excluding hydrogens is 206 g/mol. The highest BCUT2D eigenvalue weighted by atomic mass is 32.2. The van der Waals surface area contributed by atoms with E-state index in [-0.39, 0.29) is 5.54 Å². The Morgan fingerprint density at radius 1 is 1.47 bits per heavy atom. The fraction of sp³-hybridized carbons (Fsp3) is 0.417. The van der Waals surface area contributed by atoms with Gasteiger partial charge in [0.15, 0.2) is 0 Å². The zero-order valence-corrected chi connectivity index (χ0v) is 9.73. The van der Waals surface area contributed by atoms with Crippen LogP contribution in [0.25, 0.3) is 0 Å². The van der Waals surface area contributed by atoms with Crippen molar-refractivity contribution in [1.82, 2.24) is 0 Å². The second-order valence-corrected chi connectivity index (χ2v) is 4.80. The predicted molar refractivity (Wildman–Crippen MR) is 62.0 cm³/mol. The first-order chi connectivity index (χ1) is 7.22. The Morgan fingerprint density at radius 2 is 2.20 bits per heavy atom. The van der Waals surface area contributed by atoms with E-state index in [9.17, 15) is 4.79 Å². The molecule has 78 valence electrons. The molecular formula is C12H13NOS. The van der Waals surface area contributed by atoms with Crippen molar-refractivity contribution < 1.29 is 4.79 Å². The van der Waals surface area contributed by atoms with Crippen molar-refractivity contribution in [2.24, 2.45) is 4.99 Å². The minimum absolute atomic E-state index is 0.239. The molecule has 0 saturated heterocycles. The summed E-state index contributed by atoms with van der Waals surface area (Å²) in [4.78, 5) is 15.6. The molecule has 1 aliphatic rings. The van der Waals surface area contributed by atoms with Crippen molar-refractivity contribution in [3.63, 3.8) is 0 Å². The van der Waals surface area contributed by atoms with E-state index >= 15 is 0 Å². The van der Waals surface area contributed by atoms with Crippen LogP contribution in [0.5, 0.6) is 0 Å². The number of nitrogens with zero attached hydrogens (tertiary/aromatic N) is 1. The molecule has 1 aromatic rings. The van der Waals surface area contributed by atoms with Gasteiger partial charge < -0.3 is 0 Å². The zero-order chi connectivity index (χ0) is 10.9. The molecule has 0 heterocycles. The molecule has 0 unspecified atom stereocenters. The second kappa shape index (κ2) is 3.84. The Hall–Kier alpha value is -1.05. The van der Waals surface area contributed by atoms with Crippen LogP contribution in [0.15, 0.2) is 28.1 Å². The van der Waals surface area contributed by atoms with Crippen LogP contribution in [-0.4, -0.2) is 12.3 Å². The highest BCUT2D eigenvalue weighted by molar-refractivity contribution is 7.98. The molecule has 0 atom stereocenters. The van der Waals surface area contributed by atoms with Gasteiger partial charge in [0.05, 0.1) is 5.54 Å². The van der Waals surface area contributed by atoms with Crippen LogP contribution in [0.1, 0.15) is 24.0 Å². The number of thioether (sulfide) groups is 1. The summed E-state index contributed by atoms with van der Waals surface area (Å²) in [6.45, 7) is 2.07. The molecule has 0 aliphatic heterocycles. The number of aryl methyl sites for hydroxylation is 1. The van der Waals surface area contributed by atoms with Gasteiger partial charge in [-0.15, -0.1) is 11.8 Å². The van der Waals surface area contributed by atoms with Crippen molar-refractivity contribution in [1.29, 1.82) is 0 Å². The van der Waals surface area contributed by atoms with E-state index in [1.165, 1.54) is 16.0 Å². The van der Waals surface area contributed by atoms with Gasteiger partial charge >= 0.3 is 0 Å². The standard InChI is InChI=1S/C12H13NOS/c1-9-3-4-10(15-2)7-11(9)12(5-6-12)13-8-14/h3-4,7H,5-6H2,1-2H3. The Morgan fingerprint density at radius 3 is 2.73 bits per heavy atom. The summed E-state index contributed by atoms with van der Waals surface area (Å²) in [7, 11) is 0. The van der Waals surface area contributed by atoms with Gasteiger partial charge in [-0.25, -0.2) is 4.79 Å². The first-order valence-corrected chi connectivity index (χ1v) is 6.18. The van der Waals surface area contributed by atoms with Gasteiger partial charge in [-0.1, -0.05) is 6.07 Å². The maximum Gasteiger partial charge on any atom is 0.235 e. The first kappa shape index (κ1) is 10.5. The van der Waals surface area contributed by atoms with Crippen LogP contribution in [0.4, 0.5) is 0 Å². The van der Waals surface area contributed by atoms with Crippen molar-refractivity contribution in [3.05, 3.63) is 29.3 Å². The average Bonchev–Trinajstić information content (AvgIpc) is 3.00. The van der Waals surface area contributed by atoms with Gasteiger partial charge in [0.1, 0.15) is 0 Å². The predicted octanol–water partition coefficient (Wildman–Crippen LogP) is 3.04. The number of benzene rings is 1. The molecule has 0 spiro atoms. The lowest BCUT2D eigenvalue weighted by Gasteiger charge is -2.12. The third-order valence-corrected chi connectivity index (χ3v) is 3.65. The molecule has 0 N–H and O–H groups in total. The molecule has 3 heteroatoms. The van der Waals surface area contributed by atoms with E-state index in [0.717, 1.165) is 12.8 Å². The lowest BCUT2D eigenvalue weighted by molar-refractivity contribution is 0.556. The number of isocyanates is 1. The molecule has 1 saturated carbocycles. The van der Waals surface area contributed by atoms with Gasteiger partial charge in [-0.3, -0.25) is 0 Å². The van der Waals surface area contributed by atoms with E-state index in [2.05, 4.69) is 36.4 Å². The topological polar surface area (TPSA) is 29.4 Å². The quantitative estimate of drug-likeness (QED) is 0.444. The molecule has 1 aliphatic carbocycles. The van der Waals surface area contributed by atoms with Gasteiger partial charge in [-0.05, 0) is 49.3 Å². The molecule has 0 bridgehead atoms. The third kappa shape index (κ3) is 1.85. The maximum atomic E-state index is 10.4. The smallest absolute Gasteiger partial charge is 0.211 e.